The van der Waals surface area contributed by atoms with Crippen molar-refractivity contribution in [3.05, 3.63) is 30.1 Å². The quantitative estimate of drug-likeness (QED) is 0.879. The molecule has 1 aromatic rings. The fraction of sp³-hybridized carbons (Fsp3) is 0.400. The molecule has 1 heterocycles. The molecule has 16 heavy (non-hydrogen) atoms. The van der Waals surface area contributed by atoms with E-state index in [9.17, 15) is 12.8 Å². The van der Waals surface area contributed by atoms with Crippen LogP contribution in [0.15, 0.2) is 29.2 Å². The van der Waals surface area contributed by atoms with Crippen LogP contribution in [0.4, 0.5) is 4.39 Å². The molecule has 0 aromatic heterocycles. The smallest absolute Gasteiger partial charge is 0.185 e. The van der Waals surface area contributed by atoms with Crippen LogP contribution in [0.5, 0.6) is 0 Å². The second-order valence-corrected chi connectivity index (χ2v) is 5.79. The number of nitrogens with one attached hydrogen (secondary N) is 1. The van der Waals surface area contributed by atoms with Crippen LogP contribution < -0.4 is 5.32 Å². The first-order valence-electron chi connectivity index (χ1n) is 4.81. The van der Waals surface area contributed by atoms with Crippen molar-refractivity contribution in [2.24, 2.45) is 0 Å². The highest BCUT2D eigenvalue weighted by atomic mass is 35.5. The highest BCUT2D eigenvalue weighted by Crippen LogP contribution is 2.22. The average molecular weight is 266 g/mol. The standard InChI is InChI=1S/C10H12FNO2S.ClH/c11-9-3-1-2-4-10(9)15(13,14)8-5-6-12-7-8;/h1-4,8,12H,5-7H2;1H. The fourth-order valence-corrected chi connectivity index (χ4v) is 3.48. The lowest BCUT2D eigenvalue weighted by Gasteiger charge is -2.10. The SMILES string of the molecule is Cl.O=S(=O)(c1ccccc1F)C1CCNC1. The molecule has 1 aliphatic heterocycles. The normalized spacial score (nSPS) is 20.4. The van der Waals surface area contributed by atoms with Gasteiger partial charge >= 0.3 is 0 Å². The van der Waals surface area contributed by atoms with E-state index in [1.807, 2.05) is 0 Å². The van der Waals surface area contributed by atoms with Gasteiger partial charge in [-0.2, -0.15) is 0 Å². The topological polar surface area (TPSA) is 46.2 Å². The van der Waals surface area contributed by atoms with Crippen LogP contribution in [-0.2, 0) is 9.84 Å². The molecule has 1 saturated heterocycles. The van der Waals surface area contributed by atoms with E-state index in [0.717, 1.165) is 0 Å². The van der Waals surface area contributed by atoms with Crippen LogP contribution in [0.3, 0.4) is 0 Å². The van der Waals surface area contributed by atoms with E-state index in [1.165, 1.54) is 18.2 Å². The van der Waals surface area contributed by atoms with Crippen molar-refractivity contribution < 1.29 is 12.8 Å². The third-order valence-electron chi connectivity index (χ3n) is 2.60. The summed E-state index contributed by atoms with van der Waals surface area (Å²) < 4.78 is 37.3. The summed E-state index contributed by atoms with van der Waals surface area (Å²) in [4.78, 5) is -0.182. The van der Waals surface area contributed by atoms with Gasteiger partial charge in [0.15, 0.2) is 9.84 Å². The summed E-state index contributed by atoms with van der Waals surface area (Å²) in [6.07, 6.45) is 0.552. The molecule has 0 spiro atoms. The number of sulfone groups is 1. The van der Waals surface area contributed by atoms with Crippen molar-refractivity contribution in [3.8, 4) is 0 Å². The third-order valence-corrected chi connectivity index (χ3v) is 4.82. The monoisotopic (exact) mass is 265 g/mol. The number of hydrogen-bond donors (Lipinski definition) is 1. The van der Waals surface area contributed by atoms with Gasteiger partial charge in [-0.3, -0.25) is 0 Å². The van der Waals surface area contributed by atoms with Crippen molar-refractivity contribution in [3.63, 3.8) is 0 Å². The Bertz CT molecular complexity index is 458. The Morgan fingerprint density at radius 3 is 2.56 bits per heavy atom. The molecule has 0 bridgehead atoms. The highest BCUT2D eigenvalue weighted by Gasteiger charge is 2.31. The maximum absolute atomic E-state index is 13.3. The summed E-state index contributed by atoms with van der Waals surface area (Å²) in [5.74, 6) is -0.663. The summed E-state index contributed by atoms with van der Waals surface area (Å²) >= 11 is 0. The van der Waals surface area contributed by atoms with Gasteiger partial charge in [-0.1, -0.05) is 12.1 Å². The molecule has 0 radical (unpaired) electrons. The largest absolute Gasteiger partial charge is 0.315 e. The molecule has 1 aromatic carbocycles. The number of rotatable bonds is 2. The van der Waals surface area contributed by atoms with Crippen LogP contribution in [-0.4, -0.2) is 26.8 Å². The first-order valence-corrected chi connectivity index (χ1v) is 6.36. The van der Waals surface area contributed by atoms with Crippen molar-refractivity contribution in [2.45, 2.75) is 16.6 Å². The molecule has 3 nitrogen and oxygen atoms in total. The van der Waals surface area contributed by atoms with E-state index < -0.39 is 20.9 Å². The van der Waals surface area contributed by atoms with E-state index in [0.29, 0.717) is 19.5 Å². The summed E-state index contributed by atoms with van der Waals surface area (Å²) in [7, 11) is -3.51. The van der Waals surface area contributed by atoms with E-state index >= 15 is 0 Å². The number of hydrogen-bond acceptors (Lipinski definition) is 3. The predicted octanol–water partition coefficient (Wildman–Crippen LogP) is 1.38. The zero-order valence-corrected chi connectivity index (χ0v) is 10.2. The summed E-state index contributed by atoms with van der Waals surface area (Å²) in [5.41, 5.74) is 0. The zero-order chi connectivity index (χ0) is 10.9. The predicted molar refractivity (Wildman–Crippen MR) is 62.1 cm³/mol. The fourth-order valence-electron chi connectivity index (χ4n) is 1.75. The van der Waals surface area contributed by atoms with E-state index in [4.69, 9.17) is 0 Å². The first kappa shape index (κ1) is 13.4. The molecule has 90 valence electrons. The van der Waals surface area contributed by atoms with Gasteiger partial charge in [-0.25, -0.2) is 12.8 Å². The molecular formula is C10H13ClFNO2S. The summed E-state index contributed by atoms with van der Waals surface area (Å²) in [6, 6.07) is 5.53. The van der Waals surface area contributed by atoms with Gasteiger partial charge in [0.2, 0.25) is 0 Å². The second-order valence-electron chi connectivity index (χ2n) is 3.59. The van der Waals surface area contributed by atoms with Gasteiger partial charge in [0.05, 0.1) is 5.25 Å². The van der Waals surface area contributed by atoms with Crippen molar-refractivity contribution >= 4 is 22.2 Å². The lowest BCUT2D eigenvalue weighted by Crippen LogP contribution is -2.24. The lowest BCUT2D eigenvalue weighted by atomic mass is 10.3. The van der Waals surface area contributed by atoms with Crippen LogP contribution in [0.2, 0.25) is 0 Å². The molecule has 1 unspecified atom stereocenters. The molecule has 0 aliphatic carbocycles. The highest BCUT2D eigenvalue weighted by molar-refractivity contribution is 7.92. The maximum Gasteiger partial charge on any atom is 0.185 e. The molecule has 1 aliphatic rings. The Labute approximate surface area is 100 Å². The van der Waals surface area contributed by atoms with Gasteiger partial charge in [0.1, 0.15) is 10.7 Å². The van der Waals surface area contributed by atoms with Crippen LogP contribution in [0.1, 0.15) is 6.42 Å². The van der Waals surface area contributed by atoms with Crippen molar-refractivity contribution in [1.29, 1.82) is 0 Å². The van der Waals surface area contributed by atoms with Gasteiger partial charge in [-0.05, 0) is 25.1 Å². The van der Waals surface area contributed by atoms with Crippen LogP contribution >= 0.6 is 12.4 Å². The van der Waals surface area contributed by atoms with Gasteiger partial charge in [-0.15, -0.1) is 12.4 Å². The lowest BCUT2D eigenvalue weighted by molar-refractivity contribution is 0.558. The van der Waals surface area contributed by atoms with E-state index in [2.05, 4.69) is 5.32 Å². The Hall–Kier alpha value is -0.650. The van der Waals surface area contributed by atoms with Gasteiger partial charge in [0, 0.05) is 6.54 Å². The Morgan fingerprint density at radius 1 is 1.31 bits per heavy atom. The molecule has 0 amide bonds. The molecule has 1 atom stereocenters. The van der Waals surface area contributed by atoms with E-state index in [-0.39, 0.29) is 17.3 Å². The Morgan fingerprint density at radius 2 is 2.00 bits per heavy atom. The van der Waals surface area contributed by atoms with Crippen LogP contribution in [0, 0.1) is 5.82 Å². The minimum absolute atomic E-state index is 0. The Balaban J connectivity index is 0.00000128. The number of benzene rings is 1. The van der Waals surface area contributed by atoms with Gasteiger partial charge < -0.3 is 5.32 Å². The molecule has 2 rings (SSSR count). The average Bonchev–Trinajstić information content (AvgIpc) is 2.71. The maximum atomic E-state index is 13.3. The minimum Gasteiger partial charge on any atom is -0.315 e. The van der Waals surface area contributed by atoms with E-state index in [1.54, 1.807) is 6.07 Å². The van der Waals surface area contributed by atoms with Gasteiger partial charge in [0.25, 0.3) is 0 Å². The molecule has 6 heteroatoms. The minimum atomic E-state index is -3.51. The summed E-state index contributed by atoms with van der Waals surface area (Å²) in [6.45, 7) is 1.09. The van der Waals surface area contributed by atoms with Crippen molar-refractivity contribution in [1.82, 2.24) is 5.32 Å². The molecule has 1 fully saturated rings. The number of halogens is 2. The van der Waals surface area contributed by atoms with Crippen molar-refractivity contribution in [2.75, 3.05) is 13.1 Å². The summed E-state index contributed by atoms with van der Waals surface area (Å²) in [5, 5.41) is 2.47. The second kappa shape index (κ2) is 5.12. The molecule has 0 saturated carbocycles. The van der Waals surface area contributed by atoms with Crippen LogP contribution in [0.25, 0.3) is 0 Å². The first-order chi connectivity index (χ1) is 7.12. The Kier molecular flexibility index (Phi) is 4.29. The third kappa shape index (κ3) is 2.36. The molecular weight excluding hydrogens is 253 g/mol. The molecule has 1 N–H and O–H groups in total. The zero-order valence-electron chi connectivity index (χ0n) is 8.52.